The minimum atomic E-state index is -0.733. The largest absolute Gasteiger partial charge is 0.477 e. The molecule has 1 N–H and O–H groups in total. The zero-order valence-electron chi connectivity index (χ0n) is 18.5. The third kappa shape index (κ3) is 5.16. The van der Waals surface area contributed by atoms with Crippen LogP contribution in [0.2, 0.25) is 0 Å². The van der Waals surface area contributed by atoms with Gasteiger partial charge in [-0.3, -0.25) is 19.7 Å². The van der Waals surface area contributed by atoms with Gasteiger partial charge in [0.05, 0.1) is 23.7 Å². The van der Waals surface area contributed by atoms with Crippen molar-refractivity contribution in [2.45, 2.75) is 38.8 Å². The van der Waals surface area contributed by atoms with Crippen LogP contribution in [-0.4, -0.2) is 49.0 Å². The molecule has 0 fully saturated rings. The maximum Gasteiger partial charge on any atom is 0.269 e. The lowest BCUT2D eigenvalue weighted by Crippen LogP contribution is -2.52. The molecule has 0 spiro atoms. The summed E-state index contributed by atoms with van der Waals surface area (Å²) in [6.07, 6.45) is 0.921. The Morgan fingerprint density at radius 1 is 1.19 bits per heavy atom. The van der Waals surface area contributed by atoms with Crippen LogP contribution in [0.1, 0.15) is 26.7 Å². The maximum absolute atomic E-state index is 13.0. The van der Waals surface area contributed by atoms with E-state index >= 15 is 0 Å². The van der Waals surface area contributed by atoms with Gasteiger partial charge in [-0.05, 0) is 37.1 Å². The van der Waals surface area contributed by atoms with E-state index in [1.165, 1.54) is 29.2 Å². The lowest BCUT2D eigenvalue weighted by atomic mass is 10.1. The molecule has 1 heterocycles. The molecule has 0 aliphatic carbocycles. The molecule has 3 rings (SSSR count). The van der Waals surface area contributed by atoms with Crippen LogP contribution in [0, 0.1) is 10.1 Å². The van der Waals surface area contributed by atoms with Crippen molar-refractivity contribution in [1.82, 2.24) is 5.32 Å². The topological polar surface area (TPSA) is 105 Å². The number of amides is 2. The second-order valence-electron chi connectivity index (χ2n) is 7.70. The number of benzene rings is 2. The highest BCUT2D eigenvalue weighted by molar-refractivity contribution is 5.96. The van der Waals surface area contributed by atoms with Gasteiger partial charge in [-0.15, -0.1) is 0 Å². The van der Waals surface area contributed by atoms with Crippen molar-refractivity contribution in [2.24, 2.45) is 0 Å². The van der Waals surface area contributed by atoms with Crippen LogP contribution >= 0.6 is 0 Å². The van der Waals surface area contributed by atoms with Gasteiger partial charge >= 0.3 is 0 Å². The smallest absolute Gasteiger partial charge is 0.269 e. The fourth-order valence-electron chi connectivity index (χ4n) is 3.59. The fourth-order valence-corrected chi connectivity index (χ4v) is 3.59. The average Bonchev–Trinajstić information content (AvgIpc) is 2.81. The predicted octanol–water partition coefficient (Wildman–Crippen LogP) is 3.13. The molecular weight excluding hydrogens is 412 g/mol. The van der Waals surface area contributed by atoms with Crippen LogP contribution < -0.4 is 19.9 Å². The molecule has 1 aliphatic rings. The van der Waals surface area contributed by atoms with Crippen molar-refractivity contribution in [3.05, 3.63) is 58.6 Å². The monoisotopic (exact) mass is 440 g/mol. The number of carbonyl (C=O) groups is 2. The van der Waals surface area contributed by atoms with Gasteiger partial charge in [0.1, 0.15) is 5.75 Å². The molecular formula is C23H28N4O5. The minimum Gasteiger partial charge on any atom is -0.477 e. The molecule has 2 amide bonds. The fraction of sp³-hybridized carbons (Fsp3) is 0.391. The van der Waals surface area contributed by atoms with Crippen molar-refractivity contribution in [3.63, 3.8) is 0 Å². The van der Waals surface area contributed by atoms with E-state index in [1.807, 2.05) is 36.9 Å². The summed E-state index contributed by atoms with van der Waals surface area (Å²) in [5, 5.41) is 13.9. The molecule has 1 aliphatic heterocycles. The Morgan fingerprint density at radius 2 is 1.84 bits per heavy atom. The van der Waals surface area contributed by atoms with Crippen LogP contribution in [0.3, 0.4) is 0 Å². The van der Waals surface area contributed by atoms with E-state index in [1.54, 1.807) is 13.1 Å². The quantitative estimate of drug-likeness (QED) is 0.499. The van der Waals surface area contributed by atoms with Gasteiger partial charge in [0.15, 0.2) is 6.10 Å². The Hall–Kier alpha value is -3.62. The van der Waals surface area contributed by atoms with Gasteiger partial charge in [-0.25, -0.2) is 0 Å². The Balaban J connectivity index is 1.75. The lowest BCUT2D eigenvalue weighted by Gasteiger charge is -2.36. The van der Waals surface area contributed by atoms with E-state index < -0.39 is 11.0 Å². The number of carbonyl (C=O) groups excluding carboxylic acids is 2. The Kier molecular flexibility index (Phi) is 7.29. The van der Waals surface area contributed by atoms with Crippen molar-refractivity contribution >= 4 is 28.9 Å². The summed E-state index contributed by atoms with van der Waals surface area (Å²) >= 11 is 0. The molecule has 32 heavy (non-hydrogen) atoms. The second-order valence-corrected chi connectivity index (χ2v) is 7.70. The van der Waals surface area contributed by atoms with Gasteiger partial charge in [0.25, 0.3) is 11.6 Å². The van der Waals surface area contributed by atoms with Crippen LogP contribution in [0.15, 0.2) is 48.5 Å². The Labute approximate surface area is 187 Å². The predicted molar refractivity (Wildman–Crippen MR) is 122 cm³/mol. The zero-order chi connectivity index (χ0) is 23.3. The number of anilines is 2. The number of rotatable bonds is 8. The van der Waals surface area contributed by atoms with Gasteiger partial charge in [0.2, 0.25) is 5.91 Å². The molecule has 2 aromatic carbocycles. The second kappa shape index (κ2) is 10.1. The zero-order valence-corrected chi connectivity index (χ0v) is 18.5. The number of nitrogens with zero attached hydrogens (tertiary/aromatic N) is 3. The van der Waals surface area contributed by atoms with Crippen LogP contribution in [-0.2, 0) is 9.59 Å². The van der Waals surface area contributed by atoms with Gasteiger partial charge in [-0.1, -0.05) is 26.0 Å². The summed E-state index contributed by atoms with van der Waals surface area (Å²) in [7, 11) is 1.62. The summed E-state index contributed by atoms with van der Waals surface area (Å²) in [5.74, 6) is 0.137. The first-order chi connectivity index (χ1) is 15.3. The molecule has 0 saturated heterocycles. The Morgan fingerprint density at radius 3 is 2.47 bits per heavy atom. The van der Waals surface area contributed by atoms with Crippen molar-refractivity contribution in [3.8, 4) is 5.75 Å². The number of likely N-dealkylation sites (N-methyl/N-ethyl adjacent to an activating group) is 1. The summed E-state index contributed by atoms with van der Waals surface area (Å²) in [6, 6.07) is 13.2. The molecule has 2 aromatic rings. The normalized spacial score (nSPS) is 15.0. The van der Waals surface area contributed by atoms with Crippen LogP contribution in [0.5, 0.6) is 5.75 Å². The molecule has 170 valence electrons. The molecule has 0 bridgehead atoms. The first-order valence-corrected chi connectivity index (χ1v) is 10.7. The van der Waals surface area contributed by atoms with Crippen molar-refractivity contribution in [1.29, 1.82) is 0 Å². The summed E-state index contributed by atoms with van der Waals surface area (Å²) in [5.41, 5.74) is 1.25. The Bertz CT molecular complexity index is 975. The van der Waals surface area contributed by atoms with Crippen molar-refractivity contribution in [2.75, 3.05) is 29.9 Å². The standard InChI is InChI=1S/C23H28N4O5/c1-4-16(5-2)24-23(29)21-14-26(19-8-6-7-9-20(19)32-21)15-22(28)25(3)17-10-12-18(13-11-17)27(30)31/h6-13,16,21H,4-5,14-15H2,1-3H3,(H,24,29). The van der Waals surface area contributed by atoms with Crippen LogP contribution in [0.25, 0.3) is 0 Å². The van der Waals surface area contributed by atoms with E-state index in [0.29, 0.717) is 11.4 Å². The summed E-state index contributed by atoms with van der Waals surface area (Å²) in [4.78, 5) is 39.4. The molecule has 0 saturated carbocycles. The van der Waals surface area contributed by atoms with Crippen LogP contribution in [0.4, 0.5) is 17.1 Å². The number of para-hydroxylation sites is 2. The molecule has 9 heteroatoms. The van der Waals surface area contributed by atoms with Gasteiger partial charge in [-0.2, -0.15) is 0 Å². The summed E-state index contributed by atoms with van der Waals surface area (Å²) < 4.78 is 5.93. The molecule has 0 aromatic heterocycles. The molecule has 0 radical (unpaired) electrons. The number of nitrogens with one attached hydrogen (secondary N) is 1. The number of nitro groups is 1. The van der Waals surface area contributed by atoms with E-state index in [0.717, 1.165) is 18.5 Å². The van der Waals surface area contributed by atoms with E-state index in [4.69, 9.17) is 4.74 Å². The van der Waals surface area contributed by atoms with E-state index in [2.05, 4.69) is 5.32 Å². The highest BCUT2D eigenvalue weighted by atomic mass is 16.6. The highest BCUT2D eigenvalue weighted by Gasteiger charge is 2.32. The average molecular weight is 441 g/mol. The number of hydrogen-bond donors (Lipinski definition) is 1. The third-order valence-corrected chi connectivity index (χ3v) is 5.63. The number of hydrogen-bond acceptors (Lipinski definition) is 6. The molecule has 1 atom stereocenters. The van der Waals surface area contributed by atoms with E-state index in [9.17, 15) is 19.7 Å². The molecule has 1 unspecified atom stereocenters. The first-order valence-electron chi connectivity index (χ1n) is 10.7. The minimum absolute atomic E-state index is 0.0304. The maximum atomic E-state index is 13.0. The lowest BCUT2D eigenvalue weighted by molar-refractivity contribution is -0.384. The number of non-ortho nitro benzene ring substituents is 1. The highest BCUT2D eigenvalue weighted by Crippen LogP contribution is 2.33. The third-order valence-electron chi connectivity index (χ3n) is 5.63. The van der Waals surface area contributed by atoms with Gasteiger partial charge < -0.3 is 19.9 Å². The van der Waals surface area contributed by atoms with E-state index in [-0.39, 0.29) is 36.6 Å². The SMILES string of the molecule is CCC(CC)NC(=O)C1CN(CC(=O)N(C)c2ccc([N+](=O)[O-])cc2)c2ccccc2O1. The molecule has 9 nitrogen and oxygen atoms in total. The summed E-state index contributed by atoms with van der Waals surface area (Å²) in [6.45, 7) is 4.31. The van der Waals surface area contributed by atoms with Gasteiger partial charge in [0, 0.05) is 30.9 Å². The first kappa shape index (κ1) is 23.1. The van der Waals surface area contributed by atoms with Crippen molar-refractivity contribution < 1.29 is 19.2 Å². The number of ether oxygens (including phenoxy) is 1. The number of fused-ring (bicyclic) bond motifs is 1. The number of nitro benzene ring substituents is 1.